The molecule has 1 aromatic carbocycles. The smallest absolute Gasteiger partial charge is 0.191 e. The molecular formula is C24H29FN4O3. The Morgan fingerprint density at radius 2 is 2.06 bits per heavy atom. The molecule has 3 aromatic rings. The molecule has 0 amide bonds. The summed E-state index contributed by atoms with van der Waals surface area (Å²) in [6.07, 6.45) is 3.14. The summed E-state index contributed by atoms with van der Waals surface area (Å²) in [6, 6.07) is 9.99. The van der Waals surface area contributed by atoms with Gasteiger partial charge in [-0.2, -0.15) is 0 Å². The number of furan rings is 1. The van der Waals surface area contributed by atoms with Crippen LogP contribution in [0.3, 0.4) is 0 Å². The molecule has 0 aliphatic heterocycles. The van der Waals surface area contributed by atoms with Gasteiger partial charge in [0.25, 0.3) is 0 Å². The molecule has 0 aliphatic carbocycles. The van der Waals surface area contributed by atoms with Crippen molar-refractivity contribution >= 4 is 5.96 Å². The van der Waals surface area contributed by atoms with Crippen LogP contribution in [-0.2, 0) is 12.1 Å². The zero-order valence-electron chi connectivity index (χ0n) is 18.8. The van der Waals surface area contributed by atoms with Crippen molar-refractivity contribution in [2.24, 2.45) is 4.99 Å². The minimum atomic E-state index is -1.14. The number of aliphatic hydroxyl groups is 1. The average Bonchev–Trinajstić information content (AvgIpc) is 3.11. The van der Waals surface area contributed by atoms with Gasteiger partial charge in [0.05, 0.1) is 19.3 Å². The van der Waals surface area contributed by atoms with E-state index >= 15 is 0 Å². The molecule has 0 aliphatic rings. The van der Waals surface area contributed by atoms with Crippen LogP contribution < -0.4 is 15.4 Å². The third kappa shape index (κ3) is 6.07. The Kier molecular flexibility index (Phi) is 7.48. The molecule has 1 unspecified atom stereocenters. The fraction of sp³-hybridized carbons (Fsp3) is 0.333. The van der Waals surface area contributed by atoms with Gasteiger partial charge in [0.15, 0.2) is 17.5 Å². The van der Waals surface area contributed by atoms with E-state index in [-0.39, 0.29) is 18.8 Å². The highest BCUT2D eigenvalue weighted by Crippen LogP contribution is 2.27. The van der Waals surface area contributed by atoms with Gasteiger partial charge in [0.1, 0.15) is 22.9 Å². The van der Waals surface area contributed by atoms with Crippen LogP contribution in [0.4, 0.5) is 4.39 Å². The molecule has 2 aromatic heterocycles. The van der Waals surface area contributed by atoms with Gasteiger partial charge in [-0.1, -0.05) is 6.07 Å². The third-order valence-corrected chi connectivity index (χ3v) is 4.84. The Morgan fingerprint density at radius 3 is 2.69 bits per heavy atom. The molecule has 0 saturated heterocycles. The highest BCUT2D eigenvalue weighted by atomic mass is 19.1. The second-order valence-electron chi connectivity index (χ2n) is 7.71. The molecule has 3 N–H and O–H groups in total. The Balaban J connectivity index is 1.65. The van der Waals surface area contributed by atoms with Gasteiger partial charge in [-0.25, -0.2) is 9.38 Å². The zero-order valence-corrected chi connectivity index (χ0v) is 18.8. The minimum absolute atomic E-state index is 0.123. The number of nitrogens with zero attached hydrogens (tertiary/aromatic N) is 2. The van der Waals surface area contributed by atoms with Crippen molar-refractivity contribution in [3.8, 4) is 11.5 Å². The molecule has 1 atom stereocenters. The highest BCUT2D eigenvalue weighted by molar-refractivity contribution is 5.79. The number of ether oxygens (including phenoxy) is 1. The van der Waals surface area contributed by atoms with Crippen molar-refractivity contribution in [1.29, 1.82) is 0 Å². The standard InChI is InChI=1S/C24H29FN4O3/c1-5-27-23(29-15-24(4,30)20-11-16(2)31-17(20)3)28-13-18-8-9-22(21(25)12-18)32-19-7-6-10-26-14-19/h6-12,14,30H,5,13,15H2,1-4H3,(H2,27,28,29). The molecular weight excluding hydrogens is 411 g/mol. The number of hydrogen-bond donors (Lipinski definition) is 3. The zero-order chi connectivity index (χ0) is 23.1. The number of halogens is 1. The normalized spacial score (nSPS) is 13.5. The van der Waals surface area contributed by atoms with Gasteiger partial charge >= 0.3 is 0 Å². The quantitative estimate of drug-likeness (QED) is 0.359. The molecule has 8 heteroatoms. The van der Waals surface area contributed by atoms with Gasteiger partial charge in [-0.3, -0.25) is 4.98 Å². The monoisotopic (exact) mass is 440 g/mol. The summed E-state index contributed by atoms with van der Waals surface area (Å²) in [5, 5.41) is 17.2. The predicted molar refractivity (Wildman–Crippen MR) is 121 cm³/mol. The maximum Gasteiger partial charge on any atom is 0.191 e. The van der Waals surface area contributed by atoms with E-state index in [9.17, 15) is 9.50 Å². The Morgan fingerprint density at radius 1 is 1.25 bits per heavy atom. The summed E-state index contributed by atoms with van der Waals surface area (Å²) in [5.74, 6) is 2.05. The van der Waals surface area contributed by atoms with E-state index in [0.29, 0.717) is 29.6 Å². The Labute approximate surface area is 187 Å². The summed E-state index contributed by atoms with van der Waals surface area (Å²) in [7, 11) is 0. The van der Waals surface area contributed by atoms with Crippen LogP contribution in [0.2, 0.25) is 0 Å². The highest BCUT2D eigenvalue weighted by Gasteiger charge is 2.27. The van der Waals surface area contributed by atoms with Crippen molar-refractivity contribution < 1.29 is 18.7 Å². The fourth-order valence-corrected chi connectivity index (χ4v) is 3.29. The number of benzene rings is 1. The summed E-state index contributed by atoms with van der Waals surface area (Å²) >= 11 is 0. The number of nitrogens with one attached hydrogen (secondary N) is 2. The Bertz CT molecular complexity index is 1060. The lowest BCUT2D eigenvalue weighted by Crippen LogP contribution is -2.44. The van der Waals surface area contributed by atoms with Crippen molar-refractivity contribution in [3.05, 3.63) is 77.3 Å². The lowest BCUT2D eigenvalue weighted by molar-refractivity contribution is 0.0601. The largest absolute Gasteiger partial charge is 0.466 e. The Hall–Kier alpha value is -3.39. The summed E-state index contributed by atoms with van der Waals surface area (Å²) in [4.78, 5) is 8.46. The van der Waals surface area contributed by atoms with Gasteiger partial charge in [0, 0.05) is 18.3 Å². The number of aliphatic imine (C=N–C) groups is 1. The molecule has 2 heterocycles. The molecule has 32 heavy (non-hydrogen) atoms. The number of rotatable bonds is 8. The first-order valence-electron chi connectivity index (χ1n) is 10.5. The first-order chi connectivity index (χ1) is 15.3. The molecule has 0 bridgehead atoms. The second-order valence-corrected chi connectivity index (χ2v) is 7.71. The summed E-state index contributed by atoms with van der Waals surface area (Å²) in [5.41, 5.74) is 0.269. The van der Waals surface area contributed by atoms with Crippen LogP contribution in [0.5, 0.6) is 11.5 Å². The molecule has 3 rings (SSSR count). The summed E-state index contributed by atoms with van der Waals surface area (Å²) in [6.45, 7) is 8.46. The lowest BCUT2D eigenvalue weighted by Gasteiger charge is -2.24. The van der Waals surface area contributed by atoms with Gasteiger partial charge in [0.2, 0.25) is 0 Å². The van der Waals surface area contributed by atoms with Crippen LogP contribution >= 0.6 is 0 Å². The first-order valence-corrected chi connectivity index (χ1v) is 10.5. The van der Waals surface area contributed by atoms with E-state index in [1.807, 2.05) is 26.8 Å². The molecule has 0 spiro atoms. The maximum absolute atomic E-state index is 14.5. The lowest BCUT2D eigenvalue weighted by atomic mass is 9.96. The maximum atomic E-state index is 14.5. The number of aryl methyl sites for hydroxylation is 2. The number of pyridine rings is 1. The molecule has 0 saturated carbocycles. The van der Waals surface area contributed by atoms with Crippen LogP contribution in [0.25, 0.3) is 0 Å². The SMILES string of the molecule is CCNC(=NCc1ccc(Oc2cccnc2)c(F)c1)NCC(C)(O)c1cc(C)oc1C. The number of hydrogen-bond acceptors (Lipinski definition) is 5. The minimum Gasteiger partial charge on any atom is -0.466 e. The van der Waals surface area contributed by atoms with Crippen molar-refractivity contribution in [2.45, 2.75) is 39.8 Å². The predicted octanol–water partition coefficient (Wildman–Crippen LogP) is 4.19. The molecule has 170 valence electrons. The average molecular weight is 441 g/mol. The van der Waals surface area contributed by atoms with E-state index in [0.717, 1.165) is 11.3 Å². The van der Waals surface area contributed by atoms with E-state index in [1.54, 1.807) is 37.4 Å². The van der Waals surface area contributed by atoms with E-state index in [2.05, 4.69) is 20.6 Å². The number of aromatic nitrogens is 1. The molecule has 0 fully saturated rings. The van der Waals surface area contributed by atoms with Crippen LogP contribution in [0.1, 0.15) is 36.5 Å². The molecule has 0 radical (unpaired) electrons. The first kappa shape index (κ1) is 23.3. The second kappa shape index (κ2) is 10.3. The van der Waals surface area contributed by atoms with Gasteiger partial charge < -0.3 is 24.9 Å². The van der Waals surface area contributed by atoms with Gasteiger partial charge in [-0.05, 0) is 63.6 Å². The van der Waals surface area contributed by atoms with Crippen molar-refractivity contribution in [2.75, 3.05) is 13.1 Å². The number of guanidine groups is 1. The van der Waals surface area contributed by atoms with Gasteiger partial charge in [-0.15, -0.1) is 0 Å². The van der Waals surface area contributed by atoms with Crippen LogP contribution in [0.15, 0.2) is 58.2 Å². The third-order valence-electron chi connectivity index (χ3n) is 4.84. The van der Waals surface area contributed by atoms with Crippen molar-refractivity contribution in [3.63, 3.8) is 0 Å². The fourth-order valence-electron chi connectivity index (χ4n) is 3.29. The van der Waals surface area contributed by atoms with Crippen LogP contribution in [-0.4, -0.2) is 29.1 Å². The topological polar surface area (TPSA) is 91.9 Å². The van der Waals surface area contributed by atoms with Crippen molar-refractivity contribution in [1.82, 2.24) is 15.6 Å². The van der Waals surface area contributed by atoms with E-state index in [4.69, 9.17) is 9.15 Å². The van der Waals surface area contributed by atoms with E-state index < -0.39 is 11.4 Å². The van der Waals surface area contributed by atoms with E-state index in [1.165, 1.54) is 12.3 Å². The molecule has 7 nitrogen and oxygen atoms in total. The van der Waals surface area contributed by atoms with Crippen LogP contribution in [0, 0.1) is 19.7 Å². The summed E-state index contributed by atoms with van der Waals surface area (Å²) < 4.78 is 25.5.